The zero-order valence-electron chi connectivity index (χ0n) is 23.1. The number of alkyl carbamates (subject to hydrolysis) is 1. The predicted octanol–water partition coefficient (Wildman–Crippen LogP) is 5.38. The Hall–Kier alpha value is -4.47. The topological polar surface area (TPSA) is 105 Å². The molecule has 2 aromatic carbocycles. The second-order valence-corrected chi connectivity index (χ2v) is 9.71. The molecule has 0 bridgehead atoms. The highest BCUT2D eigenvalue weighted by molar-refractivity contribution is 5.80. The average molecular weight is 535 g/mol. The largest absolute Gasteiger partial charge is 0.493 e. The van der Waals surface area contributed by atoms with Gasteiger partial charge in [-0.05, 0) is 69.2 Å². The summed E-state index contributed by atoms with van der Waals surface area (Å²) in [5, 5.41) is 7.18. The smallest absolute Gasteiger partial charge is 0.407 e. The van der Waals surface area contributed by atoms with Gasteiger partial charge in [0.1, 0.15) is 5.60 Å². The zero-order chi connectivity index (χ0) is 28.0. The van der Waals surface area contributed by atoms with Gasteiger partial charge in [0.15, 0.2) is 28.6 Å². The first kappa shape index (κ1) is 27.6. The van der Waals surface area contributed by atoms with Gasteiger partial charge in [-0.2, -0.15) is 5.10 Å². The van der Waals surface area contributed by atoms with Crippen LogP contribution < -0.4 is 24.3 Å². The first-order valence-corrected chi connectivity index (χ1v) is 12.6. The Morgan fingerprint density at radius 1 is 0.897 bits per heavy atom. The Morgan fingerprint density at radius 3 is 2.28 bits per heavy atom. The van der Waals surface area contributed by atoms with Crippen molar-refractivity contribution >= 4 is 11.7 Å². The quantitative estimate of drug-likeness (QED) is 0.270. The van der Waals surface area contributed by atoms with Crippen LogP contribution in [0.1, 0.15) is 27.2 Å². The average Bonchev–Trinajstić information content (AvgIpc) is 3.34. The SMILES string of the molecule is COc1ccc(-c2cnn3ccc(-c4ccc(OCCCNC(=O)OC(C)(C)C)c(OC)c4)nc23)cc1OC. The Bertz CT molecular complexity index is 1440. The maximum absolute atomic E-state index is 11.8. The molecule has 0 radical (unpaired) electrons. The van der Waals surface area contributed by atoms with Crippen LogP contribution in [0.5, 0.6) is 23.0 Å². The lowest BCUT2D eigenvalue weighted by atomic mass is 10.1. The minimum atomic E-state index is -0.530. The van der Waals surface area contributed by atoms with E-state index in [1.54, 1.807) is 32.0 Å². The minimum absolute atomic E-state index is 0.403. The van der Waals surface area contributed by atoms with E-state index < -0.39 is 11.7 Å². The lowest BCUT2D eigenvalue weighted by molar-refractivity contribution is 0.0525. The molecule has 0 fully saturated rings. The summed E-state index contributed by atoms with van der Waals surface area (Å²) in [6.07, 6.45) is 3.82. The molecule has 0 aliphatic rings. The van der Waals surface area contributed by atoms with E-state index in [4.69, 9.17) is 28.7 Å². The number of nitrogens with one attached hydrogen (secondary N) is 1. The van der Waals surface area contributed by atoms with Crippen molar-refractivity contribution in [3.05, 3.63) is 54.9 Å². The molecular weight excluding hydrogens is 500 g/mol. The van der Waals surface area contributed by atoms with E-state index in [1.807, 2.05) is 69.4 Å². The molecule has 39 heavy (non-hydrogen) atoms. The second-order valence-electron chi connectivity index (χ2n) is 9.71. The van der Waals surface area contributed by atoms with Crippen molar-refractivity contribution in [1.82, 2.24) is 19.9 Å². The Labute approximate surface area is 227 Å². The number of ether oxygens (including phenoxy) is 5. The highest BCUT2D eigenvalue weighted by atomic mass is 16.6. The number of benzene rings is 2. The Balaban J connectivity index is 1.48. The van der Waals surface area contributed by atoms with E-state index in [2.05, 4.69) is 10.4 Å². The fourth-order valence-corrected chi connectivity index (χ4v) is 3.94. The molecule has 0 unspecified atom stereocenters. The molecule has 1 amide bonds. The van der Waals surface area contributed by atoms with Crippen molar-refractivity contribution in [2.24, 2.45) is 0 Å². The van der Waals surface area contributed by atoms with Gasteiger partial charge in [0.05, 0.1) is 39.8 Å². The van der Waals surface area contributed by atoms with Crippen LogP contribution in [0.4, 0.5) is 4.79 Å². The first-order valence-electron chi connectivity index (χ1n) is 12.6. The number of methoxy groups -OCH3 is 3. The van der Waals surface area contributed by atoms with Gasteiger partial charge in [0.2, 0.25) is 0 Å². The third-order valence-electron chi connectivity index (χ3n) is 5.77. The lowest BCUT2D eigenvalue weighted by Gasteiger charge is -2.19. The number of carbonyl (C=O) groups is 1. The minimum Gasteiger partial charge on any atom is -0.493 e. The van der Waals surface area contributed by atoms with Crippen LogP contribution in [0.25, 0.3) is 28.0 Å². The molecule has 0 aliphatic carbocycles. The molecule has 0 spiro atoms. The molecule has 206 valence electrons. The van der Waals surface area contributed by atoms with Gasteiger partial charge in [-0.25, -0.2) is 14.3 Å². The van der Waals surface area contributed by atoms with Crippen molar-refractivity contribution in [2.75, 3.05) is 34.5 Å². The summed E-state index contributed by atoms with van der Waals surface area (Å²) >= 11 is 0. The number of amides is 1. The first-order chi connectivity index (χ1) is 18.7. The summed E-state index contributed by atoms with van der Waals surface area (Å²) < 4.78 is 29.3. The fraction of sp³-hybridized carbons (Fsp3) is 0.345. The van der Waals surface area contributed by atoms with Crippen LogP contribution in [0.2, 0.25) is 0 Å². The number of hydrogen-bond donors (Lipinski definition) is 1. The number of nitrogens with zero attached hydrogens (tertiary/aromatic N) is 3. The maximum Gasteiger partial charge on any atom is 0.407 e. The predicted molar refractivity (Wildman–Crippen MR) is 148 cm³/mol. The summed E-state index contributed by atoms with van der Waals surface area (Å²) in [4.78, 5) is 16.7. The van der Waals surface area contributed by atoms with Crippen molar-refractivity contribution in [3.8, 4) is 45.4 Å². The number of rotatable bonds is 10. The standard InChI is InChI=1S/C29H34N4O6/c1-29(2,3)39-28(34)30-13-7-15-38-24-11-9-20(17-26(24)37-6)22-12-14-33-27(32-22)21(18-31-33)19-8-10-23(35-4)25(16-19)36-5/h8-12,14,16-18H,7,13,15H2,1-6H3,(H,30,34). The maximum atomic E-state index is 11.8. The monoisotopic (exact) mass is 534 g/mol. The lowest BCUT2D eigenvalue weighted by Crippen LogP contribution is -2.33. The Kier molecular flexibility index (Phi) is 8.43. The van der Waals surface area contributed by atoms with Crippen molar-refractivity contribution in [2.45, 2.75) is 32.8 Å². The molecule has 1 N–H and O–H groups in total. The van der Waals surface area contributed by atoms with Gasteiger partial charge in [-0.15, -0.1) is 0 Å². The van der Waals surface area contributed by atoms with Gasteiger partial charge < -0.3 is 29.0 Å². The molecule has 10 heteroatoms. The van der Waals surface area contributed by atoms with Gasteiger partial charge in [-0.1, -0.05) is 6.07 Å². The summed E-state index contributed by atoms with van der Waals surface area (Å²) in [6, 6.07) is 13.3. The third-order valence-corrected chi connectivity index (χ3v) is 5.77. The number of hydrogen-bond acceptors (Lipinski definition) is 8. The van der Waals surface area contributed by atoms with Gasteiger partial charge in [0.25, 0.3) is 0 Å². The summed E-state index contributed by atoms with van der Waals surface area (Å²) in [5.41, 5.74) is 3.58. The van der Waals surface area contributed by atoms with Crippen LogP contribution >= 0.6 is 0 Å². The number of fused-ring (bicyclic) bond motifs is 1. The molecule has 0 aliphatic heterocycles. The van der Waals surface area contributed by atoms with Gasteiger partial charge >= 0.3 is 6.09 Å². The molecule has 2 heterocycles. The molecule has 0 saturated carbocycles. The molecule has 10 nitrogen and oxygen atoms in total. The van der Waals surface area contributed by atoms with E-state index in [-0.39, 0.29) is 0 Å². The van der Waals surface area contributed by atoms with Crippen molar-refractivity contribution in [3.63, 3.8) is 0 Å². The van der Waals surface area contributed by atoms with E-state index in [0.717, 1.165) is 22.4 Å². The molecule has 4 rings (SSSR count). The van der Waals surface area contributed by atoms with Crippen LogP contribution in [0.15, 0.2) is 54.9 Å². The van der Waals surface area contributed by atoms with Crippen molar-refractivity contribution < 1.29 is 28.5 Å². The summed E-state index contributed by atoms with van der Waals surface area (Å²) in [6.45, 7) is 6.32. The highest BCUT2D eigenvalue weighted by Gasteiger charge is 2.16. The molecule has 4 aromatic rings. The van der Waals surface area contributed by atoms with Gasteiger partial charge in [-0.3, -0.25) is 0 Å². The zero-order valence-corrected chi connectivity index (χ0v) is 23.1. The fourth-order valence-electron chi connectivity index (χ4n) is 3.94. The highest BCUT2D eigenvalue weighted by Crippen LogP contribution is 2.35. The van der Waals surface area contributed by atoms with E-state index in [0.29, 0.717) is 48.2 Å². The van der Waals surface area contributed by atoms with Crippen molar-refractivity contribution in [1.29, 1.82) is 0 Å². The summed E-state index contributed by atoms with van der Waals surface area (Å²) in [7, 11) is 4.81. The normalized spacial score (nSPS) is 11.2. The number of carbonyl (C=O) groups excluding carboxylic acids is 1. The van der Waals surface area contributed by atoms with Crippen LogP contribution in [-0.4, -0.2) is 60.8 Å². The summed E-state index contributed by atoms with van der Waals surface area (Å²) in [5.74, 6) is 2.48. The second kappa shape index (κ2) is 11.9. The Morgan fingerprint density at radius 2 is 1.56 bits per heavy atom. The van der Waals surface area contributed by atoms with E-state index in [1.165, 1.54) is 0 Å². The molecule has 0 atom stereocenters. The number of aromatic nitrogens is 3. The van der Waals surface area contributed by atoms with Crippen LogP contribution in [0, 0.1) is 0 Å². The van der Waals surface area contributed by atoms with Crippen LogP contribution in [-0.2, 0) is 4.74 Å². The van der Waals surface area contributed by atoms with Crippen LogP contribution in [0.3, 0.4) is 0 Å². The van der Waals surface area contributed by atoms with E-state index in [9.17, 15) is 4.79 Å². The molecule has 2 aromatic heterocycles. The van der Waals surface area contributed by atoms with E-state index >= 15 is 0 Å². The van der Waals surface area contributed by atoms with Gasteiger partial charge in [0, 0.05) is 23.9 Å². The molecular formula is C29H34N4O6. The molecule has 0 saturated heterocycles. The third kappa shape index (κ3) is 6.70.